The fourth-order valence-corrected chi connectivity index (χ4v) is 6.68. The van der Waals surface area contributed by atoms with Crippen molar-refractivity contribution >= 4 is 51.7 Å². The van der Waals surface area contributed by atoms with Crippen molar-refractivity contribution in [3.63, 3.8) is 0 Å². The number of halogens is 2. The Labute approximate surface area is 217 Å². The van der Waals surface area contributed by atoms with Gasteiger partial charge in [0.25, 0.3) is 0 Å². The summed E-state index contributed by atoms with van der Waals surface area (Å²) in [5.41, 5.74) is 3.36. The number of amides is 1. The first-order valence-corrected chi connectivity index (χ1v) is 13.8. The number of nitrogens with one attached hydrogen (secondary N) is 1. The topological polar surface area (TPSA) is 88.5 Å². The highest BCUT2D eigenvalue weighted by molar-refractivity contribution is 8.01. The van der Waals surface area contributed by atoms with Crippen molar-refractivity contribution in [3.05, 3.63) is 51.9 Å². The minimum Gasteiger partial charge on any atom is -0.481 e. The van der Waals surface area contributed by atoms with E-state index in [1.807, 2.05) is 0 Å². The standard InChI is InChI=1S/C25H28ClFN2O4S2/c1-15-4-7-25(8-5-15)18(6-9-33-13-16-2-3-17(27)10-20(16)26)19(25)11-21(30)29-24-28-12-23(35-24)34-14-22(31)32/h2-3,10,12,15H,4-9,11,13-14H2,1H3,(H,31,32)(H,28,29,30). The first kappa shape index (κ1) is 26.1. The second-order valence-electron chi connectivity index (χ2n) is 9.15. The lowest BCUT2D eigenvalue weighted by molar-refractivity contribution is -0.133. The lowest BCUT2D eigenvalue weighted by Gasteiger charge is -2.29. The second-order valence-corrected chi connectivity index (χ2v) is 11.9. The van der Waals surface area contributed by atoms with E-state index in [1.165, 1.54) is 46.4 Å². The number of carboxylic acids is 1. The average Bonchev–Trinajstić information content (AvgIpc) is 3.12. The van der Waals surface area contributed by atoms with Gasteiger partial charge in [-0.25, -0.2) is 9.37 Å². The largest absolute Gasteiger partial charge is 0.481 e. The van der Waals surface area contributed by atoms with E-state index in [9.17, 15) is 14.0 Å². The Morgan fingerprint density at radius 3 is 2.83 bits per heavy atom. The Morgan fingerprint density at radius 2 is 2.11 bits per heavy atom. The summed E-state index contributed by atoms with van der Waals surface area (Å²) < 4.78 is 19.8. The number of nitrogens with zero attached hydrogens (tertiary/aromatic N) is 1. The molecule has 0 atom stereocenters. The smallest absolute Gasteiger partial charge is 0.313 e. The third kappa shape index (κ3) is 6.64. The van der Waals surface area contributed by atoms with Crippen LogP contribution < -0.4 is 5.32 Å². The summed E-state index contributed by atoms with van der Waals surface area (Å²) in [5.74, 6) is -0.699. The van der Waals surface area contributed by atoms with E-state index in [0.717, 1.165) is 41.9 Å². The average molecular weight is 539 g/mol. The number of anilines is 1. The van der Waals surface area contributed by atoms with E-state index in [0.29, 0.717) is 35.7 Å². The summed E-state index contributed by atoms with van der Waals surface area (Å²) >= 11 is 8.56. The lowest BCUT2D eigenvalue weighted by Crippen LogP contribution is -2.20. The molecule has 0 saturated heterocycles. The van der Waals surface area contributed by atoms with Gasteiger partial charge in [-0.3, -0.25) is 9.59 Å². The van der Waals surface area contributed by atoms with Crippen molar-refractivity contribution in [2.45, 2.75) is 56.3 Å². The molecule has 10 heteroatoms. The number of aliphatic carboxylic acids is 1. The molecule has 6 nitrogen and oxygen atoms in total. The first-order valence-electron chi connectivity index (χ1n) is 11.6. The van der Waals surface area contributed by atoms with Crippen molar-refractivity contribution < 1.29 is 23.8 Å². The van der Waals surface area contributed by atoms with Gasteiger partial charge in [-0.05, 0) is 55.7 Å². The molecule has 1 fully saturated rings. The molecule has 1 heterocycles. The molecule has 1 spiro atoms. The van der Waals surface area contributed by atoms with Gasteiger partial charge in [-0.15, -0.1) is 11.8 Å². The number of rotatable bonds is 11. The van der Waals surface area contributed by atoms with Crippen LogP contribution in [0, 0.1) is 17.2 Å². The fraction of sp³-hybridized carbons (Fsp3) is 0.480. The van der Waals surface area contributed by atoms with Crippen LogP contribution in [0.3, 0.4) is 0 Å². The van der Waals surface area contributed by atoms with Gasteiger partial charge in [-0.2, -0.15) is 0 Å². The van der Waals surface area contributed by atoms with Gasteiger partial charge in [-0.1, -0.05) is 47.1 Å². The van der Waals surface area contributed by atoms with Crippen LogP contribution in [-0.2, 0) is 20.9 Å². The molecule has 2 aromatic rings. The Morgan fingerprint density at radius 1 is 1.34 bits per heavy atom. The number of aromatic nitrogens is 1. The van der Waals surface area contributed by atoms with Crippen LogP contribution in [0.2, 0.25) is 5.02 Å². The molecule has 1 aromatic heterocycles. The maximum atomic E-state index is 13.2. The predicted molar refractivity (Wildman–Crippen MR) is 136 cm³/mol. The van der Waals surface area contributed by atoms with Gasteiger partial charge in [0.2, 0.25) is 5.91 Å². The quantitative estimate of drug-likeness (QED) is 0.191. The summed E-state index contributed by atoms with van der Waals surface area (Å²) in [6.07, 6.45) is 7.14. The summed E-state index contributed by atoms with van der Waals surface area (Å²) in [6, 6.07) is 4.30. The highest BCUT2D eigenvalue weighted by Crippen LogP contribution is 2.64. The molecule has 1 saturated carbocycles. The molecule has 1 aromatic carbocycles. The zero-order chi connectivity index (χ0) is 25.0. The lowest BCUT2D eigenvalue weighted by atomic mass is 9.75. The minimum absolute atomic E-state index is 0.0395. The van der Waals surface area contributed by atoms with Crippen molar-refractivity contribution in [1.82, 2.24) is 4.98 Å². The number of hydrogen-bond acceptors (Lipinski definition) is 6. The molecule has 1 amide bonds. The zero-order valence-corrected chi connectivity index (χ0v) is 21.8. The van der Waals surface area contributed by atoms with Crippen LogP contribution in [0.15, 0.2) is 39.8 Å². The zero-order valence-electron chi connectivity index (χ0n) is 19.4. The van der Waals surface area contributed by atoms with Crippen LogP contribution >= 0.6 is 34.7 Å². The molecule has 0 aliphatic heterocycles. The van der Waals surface area contributed by atoms with E-state index >= 15 is 0 Å². The minimum atomic E-state index is -0.890. The van der Waals surface area contributed by atoms with Gasteiger partial charge in [0.1, 0.15) is 5.82 Å². The van der Waals surface area contributed by atoms with Crippen LogP contribution in [0.4, 0.5) is 9.52 Å². The number of ether oxygens (including phenoxy) is 1. The number of carboxylic acid groups (broad SMARTS) is 1. The Bertz CT molecular complexity index is 1130. The SMILES string of the molecule is CC1CCC2(CC1)C(CCOCc1ccc(F)cc1Cl)=C2CC(=O)Nc1ncc(SCC(=O)O)s1. The third-order valence-electron chi connectivity index (χ3n) is 6.76. The van der Waals surface area contributed by atoms with Crippen LogP contribution in [-0.4, -0.2) is 34.3 Å². The van der Waals surface area contributed by atoms with E-state index in [1.54, 1.807) is 12.3 Å². The normalized spacial score (nSPS) is 21.4. The molecule has 4 rings (SSSR count). The summed E-state index contributed by atoms with van der Waals surface area (Å²) in [7, 11) is 0. The van der Waals surface area contributed by atoms with E-state index in [2.05, 4.69) is 17.2 Å². The van der Waals surface area contributed by atoms with Gasteiger partial charge < -0.3 is 15.2 Å². The first-order chi connectivity index (χ1) is 16.8. The van der Waals surface area contributed by atoms with Crippen LogP contribution in [0.25, 0.3) is 0 Å². The molecule has 2 aliphatic rings. The molecule has 2 aliphatic carbocycles. The number of thioether (sulfide) groups is 1. The van der Waals surface area contributed by atoms with Gasteiger partial charge in [0.15, 0.2) is 5.13 Å². The number of benzene rings is 1. The summed E-state index contributed by atoms with van der Waals surface area (Å²) in [4.78, 5) is 27.7. The highest BCUT2D eigenvalue weighted by atomic mass is 35.5. The molecule has 2 N–H and O–H groups in total. The van der Waals surface area contributed by atoms with Crippen molar-refractivity contribution in [2.24, 2.45) is 11.3 Å². The fourth-order valence-electron chi connectivity index (χ4n) is 4.85. The monoisotopic (exact) mass is 538 g/mol. The van der Waals surface area contributed by atoms with Gasteiger partial charge in [0.05, 0.1) is 29.4 Å². The van der Waals surface area contributed by atoms with Crippen molar-refractivity contribution in [3.8, 4) is 0 Å². The molecule has 0 unspecified atom stereocenters. The molecule has 188 valence electrons. The number of carbonyl (C=O) groups is 2. The number of carbonyl (C=O) groups excluding carboxylic acids is 1. The number of hydrogen-bond donors (Lipinski definition) is 2. The number of thiazole rings is 1. The molecular formula is C25H28ClFN2O4S2. The molecule has 0 bridgehead atoms. The van der Waals surface area contributed by atoms with Crippen LogP contribution in [0.5, 0.6) is 0 Å². The van der Waals surface area contributed by atoms with Crippen molar-refractivity contribution in [1.29, 1.82) is 0 Å². The molecular weight excluding hydrogens is 511 g/mol. The van der Waals surface area contributed by atoms with E-state index in [4.69, 9.17) is 21.4 Å². The Hall–Kier alpha value is -1.94. The predicted octanol–water partition coefficient (Wildman–Crippen LogP) is 6.55. The summed E-state index contributed by atoms with van der Waals surface area (Å²) in [6.45, 7) is 3.11. The van der Waals surface area contributed by atoms with Gasteiger partial charge >= 0.3 is 5.97 Å². The van der Waals surface area contributed by atoms with Crippen LogP contribution in [0.1, 0.15) is 51.0 Å². The highest BCUT2D eigenvalue weighted by Gasteiger charge is 2.53. The molecule has 0 radical (unpaired) electrons. The third-order valence-corrected chi connectivity index (χ3v) is 9.20. The Balaban J connectivity index is 1.32. The summed E-state index contributed by atoms with van der Waals surface area (Å²) in [5, 5.41) is 12.5. The van der Waals surface area contributed by atoms with Crippen molar-refractivity contribution in [2.75, 3.05) is 17.7 Å². The molecule has 35 heavy (non-hydrogen) atoms. The van der Waals surface area contributed by atoms with E-state index in [-0.39, 0.29) is 22.9 Å². The Kier molecular flexibility index (Phi) is 8.52. The maximum Gasteiger partial charge on any atom is 0.313 e. The van der Waals surface area contributed by atoms with Gasteiger partial charge in [0, 0.05) is 16.9 Å². The second kappa shape index (κ2) is 11.4. The van der Waals surface area contributed by atoms with E-state index < -0.39 is 5.97 Å². The maximum absolute atomic E-state index is 13.2.